The largest absolute Gasteiger partial charge is 0.480 e. The summed E-state index contributed by atoms with van der Waals surface area (Å²) in [6.45, 7) is -0.278. The molecule has 0 atom stereocenters. The molecule has 1 aromatic heterocycles. The number of rotatable bonds is 2. The maximum Gasteiger partial charge on any atom is 0.323 e. The summed E-state index contributed by atoms with van der Waals surface area (Å²) in [6.07, 6.45) is 1.44. The van der Waals surface area contributed by atoms with Crippen LogP contribution < -0.4 is 5.56 Å². The zero-order valence-corrected chi connectivity index (χ0v) is 6.95. The number of pyridine rings is 1. The fourth-order valence-corrected chi connectivity index (χ4v) is 0.737. The number of halogens is 1. The minimum Gasteiger partial charge on any atom is -0.480 e. The lowest BCUT2D eigenvalue weighted by Crippen LogP contribution is -2.21. The third kappa shape index (κ3) is 2.75. The molecule has 0 aromatic carbocycles. The molecule has 0 bridgehead atoms. The fraction of sp³-hybridized carbons (Fsp3) is 0.143. The van der Waals surface area contributed by atoms with E-state index in [1.165, 1.54) is 12.3 Å². The number of carbonyl (C=O) groups is 1. The van der Waals surface area contributed by atoms with E-state index in [2.05, 4.69) is 0 Å². The standard InChI is InChI=1S/C7H7NO3.ClH/c9-6-3-1-2-4-8(6)5-7(10)11;/h1-4H,5H2,(H,10,11);1H. The molecule has 66 valence electrons. The predicted octanol–water partition coefficient (Wildman–Crippen LogP) is 0.355. The van der Waals surface area contributed by atoms with Crippen LogP contribution in [0.5, 0.6) is 0 Å². The Morgan fingerprint density at radius 3 is 2.67 bits per heavy atom. The van der Waals surface area contributed by atoms with Gasteiger partial charge in [-0.2, -0.15) is 0 Å². The molecule has 0 aliphatic heterocycles. The van der Waals surface area contributed by atoms with E-state index < -0.39 is 5.97 Å². The molecular weight excluding hydrogens is 182 g/mol. The minimum atomic E-state index is -1.02. The monoisotopic (exact) mass is 189 g/mol. The Balaban J connectivity index is 0.00000121. The average Bonchev–Trinajstić information content (AvgIpc) is 1.93. The Morgan fingerprint density at radius 1 is 1.50 bits per heavy atom. The summed E-state index contributed by atoms with van der Waals surface area (Å²) in [5, 5.41) is 8.33. The van der Waals surface area contributed by atoms with Gasteiger partial charge in [-0.05, 0) is 6.07 Å². The lowest BCUT2D eigenvalue weighted by Gasteiger charge is -1.97. The Kier molecular flexibility index (Phi) is 4.07. The Morgan fingerprint density at radius 2 is 2.17 bits per heavy atom. The van der Waals surface area contributed by atoms with Crippen LogP contribution in [0.2, 0.25) is 0 Å². The topological polar surface area (TPSA) is 59.3 Å². The maximum atomic E-state index is 10.9. The van der Waals surface area contributed by atoms with Crippen LogP contribution in [0.15, 0.2) is 29.2 Å². The van der Waals surface area contributed by atoms with Gasteiger partial charge in [-0.3, -0.25) is 9.59 Å². The molecule has 4 nitrogen and oxygen atoms in total. The number of aliphatic carboxylic acids is 1. The summed E-state index contributed by atoms with van der Waals surface area (Å²) in [5.74, 6) is -1.02. The molecular formula is C7H8ClNO3. The molecule has 0 unspecified atom stereocenters. The first-order chi connectivity index (χ1) is 5.20. The Bertz CT molecular complexity index is 320. The molecule has 0 aliphatic carbocycles. The Hall–Kier alpha value is -1.29. The molecule has 0 amide bonds. The molecule has 12 heavy (non-hydrogen) atoms. The first kappa shape index (κ1) is 10.7. The van der Waals surface area contributed by atoms with Gasteiger partial charge in [-0.1, -0.05) is 6.07 Å². The number of hydrogen-bond acceptors (Lipinski definition) is 2. The van der Waals surface area contributed by atoms with Gasteiger partial charge in [0.15, 0.2) is 0 Å². The zero-order chi connectivity index (χ0) is 8.27. The number of hydrogen-bond donors (Lipinski definition) is 1. The van der Waals surface area contributed by atoms with E-state index in [9.17, 15) is 9.59 Å². The van der Waals surface area contributed by atoms with E-state index in [1.54, 1.807) is 12.1 Å². The van der Waals surface area contributed by atoms with Crippen molar-refractivity contribution in [3.63, 3.8) is 0 Å². The van der Waals surface area contributed by atoms with Crippen LogP contribution in [0.3, 0.4) is 0 Å². The van der Waals surface area contributed by atoms with Gasteiger partial charge in [0, 0.05) is 12.3 Å². The van der Waals surface area contributed by atoms with Gasteiger partial charge < -0.3 is 9.67 Å². The smallest absolute Gasteiger partial charge is 0.323 e. The number of nitrogens with zero attached hydrogens (tertiary/aromatic N) is 1. The lowest BCUT2D eigenvalue weighted by atomic mass is 10.4. The maximum absolute atomic E-state index is 10.9. The van der Waals surface area contributed by atoms with Crippen LogP contribution in [-0.2, 0) is 11.3 Å². The van der Waals surface area contributed by atoms with Gasteiger partial charge in [0.1, 0.15) is 6.54 Å². The highest BCUT2D eigenvalue weighted by Crippen LogP contribution is 1.80. The number of carboxylic acids is 1. The summed E-state index contributed by atoms with van der Waals surface area (Å²) in [6, 6.07) is 4.51. The molecule has 0 radical (unpaired) electrons. The van der Waals surface area contributed by atoms with Gasteiger partial charge in [-0.15, -0.1) is 12.4 Å². The highest BCUT2D eigenvalue weighted by atomic mass is 35.5. The van der Waals surface area contributed by atoms with E-state index in [0.29, 0.717) is 0 Å². The summed E-state index contributed by atoms with van der Waals surface area (Å²) in [7, 11) is 0. The zero-order valence-electron chi connectivity index (χ0n) is 6.14. The second-order valence-electron chi connectivity index (χ2n) is 2.06. The third-order valence-electron chi connectivity index (χ3n) is 1.20. The van der Waals surface area contributed by atoms with Gasteiger partial charge in [0.2, 0.25) is 0 Å². The molecule has 1 rings (SSSR count). The molecule has 5 heteroatoms. The number of aromatic nitrogens is 1. The molecule has 0 fully saturated rings. The first-order valence-electron chi connectivity index (χ1n) is 3.07. The van der Waals surface area contributed by atoms with Gasteiger partial charge >= 0.3 is 5.97 Å². The van der Waals surface area contributed by atoms with Crippen molar-refractivity contribution in [2.45, 2.75) is 6.54 Å². The molecule has 1 heterocycles. The predicted molar refractivity (Wildman–Crippen MR) is 45.6 cm³/mol. The highest BCUT2D eigenvalue weighted by molar-refractivity contribution is 5.85. The first-order valence-corrected chi connectivity index (χ1v) is 3.07. The molecule has 0 spiro atoms. The van der Waals surface area contributed by atoms with Crippen molar-refractivity contribution in [1.82, 2.24) is 4.57 Å². The normalized spacial score (nSPS) is 8.67. The lowest BCUT2D eigenvalue weighted by molar-refractivity contribution is -0.137. The molecule has 0 saturated carbocycles. The number of carboxylic acid groups (broad SMARTS) is 1. The van der Waals surface area contributed by atoms with Crippen LogP contribution in [0.25, 0.3) is 0 Å². The van der Waals surface area contributed by atoms with E-state index >= 15 is 0 Å². The second-order valence-corrected chi connectivity index (χ2v) is 2.06. The third-order valence-corrected chi connectivity index (χ3v) is 1.20. The highest BCUT2D eigenvalue weighted by Gasteiger charge is 1.98. The second kappa shape index (κ2) is 4.56. The van der Waals surface area contributed by atoms with Crippen LogP contribution >= 0.6 is 12.4 Å². The summed E-state index contributed by atoms with van der Waals surface area (Å²) in [4.78, 5) is 21.0. The molecule has 1 aromatic rings. The van der Waals surface area contributed by atoms with Crippen molar-refractivity contribution >= 4 is 18.4 Å². The van der Waals surface area contributed by atoms with E-state index in [0.717, 1.165) is 4.57 Å². The fourth-order valence-electron chi connectivity index (χ4n) is 0.737. The Labute approximate surface area is 74.9 Å². The van der Waals surface area contributed by atoms with Crippen molar-refractivity contribution in [3.8, 4) is 0 Å². The quantitative estimate of drug-likeness (QED) is 0.731. The van der Waals surface area contributed by atoms with Crippen molar-refractivity contribution in [2.75, 3.05) is 0 Å². The molecule has 0 saturated heterocycles. The van der Waals surface area contributed by atoms with Crippen LogP contribution in [-0.4, -0.2) is 15.6 Å². The average molecular weight is 190 g/mol. The van der Waals surface area contributed by atoms with Crippen LogP contribution in [0.1, 0.15) is 0 Å². The van der Waals surface area contributed by atoms with Gasteiger partial charge in [-0.25, -0.2) is 0 Å². The summed E-state index contributed by atoms with van der Waals surface area (Å²) in [5.41, 5.74) is -0.296. The van der Waals surface area contributed by atoms with Crippen molar-refractivity contribution < 1.29 is 9.90 Å². The van der Waals surface area contributed by atoms with Gasteiger partial charge in [0.25, 0.3) is 5.56 Å². The molecule has 1 N–H and O–H groups in total. The van der Waals surface area contributed by atoms with Crippen LogP contribution in [0.4, 0.5) is 0 Å². The summed E-state index contributed by atoms with van der Waals surface area (Å²) < 4.78 is 1.13. The van der Waals surface area contributed by atoms with Gasteiger partial charge in [0.05, 0.1) is 0 Å². The van der Waals surface area contributed by atoms with Crippen molar-refractivity contribution in [1.29, 1.82) is 0 Å². The van der Waals surface area contributed by atoms with Crippen molar-refractivity contribution in [3.05, 3.63) is 34.7 Å². The minimum absolute atomic E-state index is 0. The summed E-state index contributed by atoms with van der Waals surface area (Å²) >= 11 is 0. The van der Waals surface area contributed by atoms with E-state index in [1.807, 2.05) is 0 Å². The van der Waals surface area contributed by atoms with Crippen LogP contribution in [0, 0.1) is 0 Å². The molecule has 0 aliphatic rings. The van der Waals surface area contributed by atoms with E-state index in [4.69, 9.17) is 5.11 Å². The van der Waals surface area contributed by atoms with E-state index in [-0.39, 0.29) is 24.5 Å². The van der Waals surface area contributed by atoms with Crippen molar-refractivity contribution in [2.24, 2.45) is 0 Å². The SMILES string of the molecule is Cl.O=C(O)Cn1ccccc1=O.